The highest BCUT2D eigenvalue weighted by Crippen LogP contribution is 2.28. The van der Waals surface area contributed by atoms with Gasteiger partial charge < -0.3 is 4.42 Å². The summed E-state index contributed by atoms with van der Waals surface area (Å²) in [6, 6.07) is 6.95. The molecule has 0 aliphatic heterocycles. The average molecular weight is 277 g/mol. The zero-order valence-electron chi connectivity index (χ0n) is 8.44. The molecular formula is C10H7ClF2N2OS. The van der Waals surface area contributed by atoms with Crippen LogP contribution >= 0.6 is 23.4 Å². The van der Waals surface area contributed by atoms with Gasteiger partial charge >= 0.3 is 0 Å². The largest absolute Gasteiger partial charge is 0.411 e. The van der Waals surface area contributed by atoms with E-state index in [1.165, 1.54) is 0 Å². The van der Waals surface area contributed by atoms with Crippen LogP contribution in [0.2, 0.25) is 5.02 Å². The summed E-state index contributed by atoms with van der Waals surface area (Å²) in [5, 5.41) is 8.00. The van der Waals surface area contributed by atoms with E-state index in [4.69, 9.17) is 16.0 Å². The fourth-order valence-corrected chi connectivity index (χ4v) is 1.87. The minimum absolute atomic E-state index is 0.111. The fourth-order valence-electron chi connectivity index (χ4n) is 1.15. The van der Waals surface area contributed by atoms with E-state index in [0.29, 0.717) is 10.6 Å². The molecule has 0 saturated heterocycles. The summed E-state index contributed by atoms with van der Waals surface area (Å²) in [7, 11) is 0. The van der Waals surface area contributed by atoms with Gasteiger partial charge in [0.15, 0.2) is 0 Å². The number of alkyl halides is 2. The molecule has 0 N–H and O–H groups in total. The molecule has 1 aromatic heterocycles. The average Bonchev–Trinajstić information content (AvgIpc) is 2.75. The van der Waals surface area contributed by atoms with Crippen LogP contribution in [0.25, 0.3) is 11.5 Å². The Morgan fingerprint density at radius 3 is 2.76 bits per heavy atom. The smallest absolute Gasteiger partial charge is 0.277 e. The number of hydrogen-bond donors (Lipinski definition) is 0. The Morgan fingerprint density at radius 2 is 2.06 bits per heavy atom. The highest BCUT2D eigenvalue weighted by atomic mass is 35.5. The van der Waals surface area contributed by atoms with Gasteiger partial charge in [-0.25, -0.2) is 8.78 Å². The first-order chi connectivity index (χ1) is 8.16. The first-order valence-corrected chi connectivity index (χ1v) is 6.02. The van der Waals surface area contributed by atoms with Crippen LogP contribution in [0, 0.1) is 0 Å². The third kappa shape index (κ3) is 3.17. The van der Waals surface area contributed by atoms with Gasteiger partial charge in [-0.2, -0.15) is 0 Å². The molecule has 0 atom stereocenters. The molecule has 0 saturated carbocycles. The minimum Gasteiger partial charge on any atom is -0.411 e. The summed E-state index contributed by atoms with van der Waals surface area (Å²) in [5.41, 5.74) is 0.588. The molecule has 7 heteroatoms. The Morgan fingerprint density at radius 1 is 1.29 bits per heavy atom. The number of halogens is 3. The highest BCUT2D eigenvalue weighted by Gasteiger charge is 2.13. The first-order valence-electron chi connectivity index (χ1n) is 4.66. The van der Waals surface area contributed by atoms with Gasteiger partial charge in [0.2, 0.25) is 12.3 Å². The molecule has 3 nitrogen and oxygen atoms in total. The topological polar surface area (TPSA) is 38.9 Å². The molecule has 90 valence electrons. The van der Waals surface area contributed by atoms with Crippen LogP contribution in [0.5, 0.6) is 0 Å². The molecule has 2 rings (SSSR count). The summed E-state index contributed by atoms with van der Waals surface area (Å²) in [5.74, 6) is -0.142. The Bertz CT molecular complexity index is 507. The Balaban J connectivity index is 2.16. The lowest BCUT2D eigenvalue weighted by atomic mass is 10.2. The SMILES string of the molecule is FC(F)CSc1nnc(-c2ccccc2Cl)o1. The molecule has 0 amide bonds. The van der Waals surface area contributed by atoms with E-state index in [0.717, 1.165) is 11.8 Å². The van der Waals surface area contributed by atoms with Gasteiger partial charge in [-0.1, -0.05) is 35.5 Å². The Kier molecular flexibility index (Phi) is 3.96. The van der Waals surface area contributed by atoms with Crippen LogP contribution in [-0.2, 0) is 0 Å². The molecule has 0 aliphatic rings. The number of thioether (sulfide) groups is 1. The van der Waals surface area contributed by atoms with Crippen molar-refractivity contribution < 1.29 is 13.2 Å². The van der Waals surface area contributed by atoms with E-state index in [1.54, 1.807) is 24.3 Å². The molecule has 2 aromatic rings. The van der Waals surface area contributed by atoms with Gasteiger partial charge in [0.1, 0.15) is 0 Å². The number of benzene rings is 1. The van der Waals surface area contributed by atoms with Crippen LogP contribution < -0.4 is 0 Å². The highest BCUT2D eigenvalue weighted by molar-refractivity contribution is 7.99. The molecule has 0 aliphatic carbocycles. The summed E-state index contributed by atoms with van der Waals surface area (Å²) in [6.45, 7) is 0. The van der Waals surface area contributed by atoms with E-state index >= 15 is 0 Å². The van der Waals surface area contributed by atoms with Gasteiger partial charge in [-0.3, -0.25) is 0 Å². The predicted octanol–water partition coefficient (Wildman–Crippen LogP) is 3.75. The summed E-state index contributed by atoms with van der Waals surface area (Å²) < 4.78 is 29.2. The molecular weight excluding hydrogens is 270 g/mol. The van der Waals surface area contributed by atoms with E-state index in [1.807, 2.05) is 0 Å². The molecule has 0 spiro atoms. The van der Waals surface area contributed by atoms with Crippen molar-refractivity contribution in [2.75, 3.05) is 5.75 Å². The van der Waals surface area contributed by atoms with Crippen molar-refractivity contribution in [1.82, 2.24) is 10.2 Å². The minimum atomic E-state index is -2.41. The van der Waals surface area contributed by atoms with Crippen LogP contribution in [0.3, 0.4) is 0 Å². The van der Waals surface area contributed by atoms with Crippen molar-refractivity contribution >= 4 is 23.4 Å². The van der Waals surface area contributed by atoms with Crippen molar-refractivity contribution in [1.29, 1.82) is 0 Å². The first kappa shape index (κ1) is 12.3. The summed E-state index contributed by atoms with van der Waals surface area (Å²) in [6.07, 6.45) is -2.41. The van der Waals surface area contributed by atoms with E-state index in [-0.39, 0.29) is 16.9 Å². The third-order valence-corrected chi connectivity index (χ3v) is 3.00. The third-order valence-electron chi connectivity index (χ3n) is 1.84. The lowest BCUT2D eigenvalue weighted by Crippen LogP contribution is -1.92. The molecule has 17 heavy (non-hydrogen) atoms. The molecule has 1 heterocycles. The number of rotatable bonds is 4. The van der Waals surface area contributed by atoms with Crippen molar-refractivity contribution in [2.24, 2.45) is 0 Å². The Hall–Kier alpha value is -1.14. The standard InChI is InChI=1S/C10H7ClF2N2OS/c11-7-4-2-1-3-6(7)9-14-15-10(16-9)17-5-8(12)13/h1-4,8H,5H2. The van der Waals surface area contributed by atoms with Crippen molar-refractivity contribution in [3.63, 3.8) is 0 Å². The van der Waals surface area contributed by atoms with Crippen molar-refractivity contribution in [3.05, 3.63) is 29.3 Å². The second-order valence-corrected chi connectivity index (χ2v) is 4.43. The number of aromatic nitrogens is 2. The maximum atomic E-state index is 12.0. The van der Waals surface area contributed by atoms with Gasteiger partial charge in [0.05, 0.1) is 16.3 Å². The predicted molar refractivity (Wildman–Crippen MR) is 61.5 cm³/mol. The van der Waals surface area contributed by atoms with Crippen LogP contribution in [0.15, 0.2) is 33.9 Å². The molecule has 0 bridgehead atoms. The fraction of sp³-hybridized carbons (Fsp3) is 0.200. The zero-order valence-corrected chi connectivity index (χ0v) is 10.0. The van der Waals surface area contributed by atoms with Gasteiger partial charge in [0, 0.05) is 0 Å². The van der Waals surface area contributed by atoms with Crippen LogP contribution in [0.1, 0.15) is 0 Å². The monoisotopic (exact) mass is 276 g/mol. The second-order valence-electron chi connectivity index (χ2n) is 3.06. The van der Waals surface area contributed by atoms with Crippen molar-refractivity contribution in [2.45, 2.75) is 11.6 Å². The molecule has 1 aromatic carbocycles. The van der Waals surface area contributed by atoms with E-state index < -0.39 is 6.43 Å². The number of nitrogens with zero attached hydrogens (tertiary/aromatic N) is 2. The van der Waals surface area contributed by atoms with Crippen LogP contribution in [-0.4, -0.2) is 22.4 Å². The van der Waals surface area contributed by atoms with E-state index in [2.05, 4.69) is 10.2 Å². The zero-order chi connectivity index (χ0) is 12.3. The molecule has 0 fully saturated rings. The second kappa shape index (κ2) is 5.46. The Labute approximate surface area is 105 Å². The van der Waals surface area contributed by atoms with Gasteiger partial charge in [0.25, 0.3) is 5.22 Å². The molecule has 0 radical (unpaired) electrons. The maximum Gasteiger partial charge on any atom is 0.277 e. The quantitative estimate of drug-likeness (QED) is 0.797. The lowest BCUT2D eigenvalue weighted by molar-refractivity contribution is 0.176. The normalized spacial score (nSPS) is 11.1. The lowest BCUT2D eigenvalue weighted by Gasteiger charge is -1.97. The van der Waals surface area contributed by atoms with Gasteiger partial charge in [-0.05, 0) is 12.1 Å². The van der Waals surface area contributed by atoms with Crippen LogP contribution in [0.4, 0.5) is 8.78 Å². The maximum absolute atomic E-state index is 12.0. The summed E-state index contributed by atoms with van der Waals surface area (Å²) in [4.78, 5) is 0. The number of hydrogen-bond acceptors (Lipinski definition) is 4. The molecule has 0 unspecified atom stereocenters. The van der Waals surface area contributed by atoms with Gasteiger partial charge in [-0.15, -0.1) is 10.2 Å². The van der Waals surface area contributed by atoms with Crippen molar-refractivity contribution in [3.8, 4) is 11.5 Å². The summed E-state index contributed by atoms with van der Waals surface area (Å²) >= 11 is 6.76. The van der Waals surface area contributed by atoms with E-state index in [9.17, 15) is 8.78 Å².